The summed E-state index contributed by atoms with van der Waals surface area (Å²) in [5.41, 5.74) is 2.94. The highest BCUT2D eigenvalue weighted by Gasteiger charge is 2.07. The van der Waals surface area contributed by atoms with Crippen LogP contribution in [0.15, 0.2) is 29.8 Å². The summed E-state index contributed by atoms with van der Waals surface area (Å²) >= 11 is 1.28. The molecule has 75 valence electrons. The van der Waals surface area contributed by atoms with Gasteiger partial charge in [-0.2, -0.15) is 0 Å². The Labute approximate surface area is 91.0 Å². The molecule has 1 N–H and O–H groups in total. The van der Waals surface area contributed by atoms with E-state index in [-0.39, 0.29) is 5.91 Å². The maximum atomic E-state index is 11.7. The van der Waals surface area contributed by atoms with E-state index in [1.54, 1.807) is 23.7 Å². The van der Waals surface area contributed by atoms with Crippen LogP contribution in [0.25, 0.3) is 0 Å². The van der Waals surface area contributed by atoms with Crippen molar-refractivity contribution in [2.45, 2.75) is 0 Å². The van der Waals surface area contributed by atoms with Gasteiger partial charge in [0.1, 0.15) is 5.51 Å². The minimum atomic E-state index is -0.197. The summed E-state index contributed by atoms with van der Waals surface area (Å²) in [6.45, 7) is 3.76. The molecule has 1 aromatic heterocycles. The van der Waals surface area contributed by atoms with Crippen LogP contribution in [0.5, 0.6) is 0 Å². The highest BCUT2D eigenvalue weighted by atomic mass is 32.1. The molecule has 2 rings (SSSR count). The summed E-state index contributed by atoms with van der Waals surface area (Å²) < 4.78 is 0. The third-order valence-corrected chi connectivity index (χ3v) is 2.38. The summed E-state index contributed by atoms with van der Waals surface area (Å²) in [7, 11) is 0. The monoisotopic (exact) mass is 218 g/mol. The molecule has 5 heteroatoms. The van der Waals surface area contributed by atoms with E-state index in [1.807, 2.05) is 6.07 Å². The van der Waals surface area contributed by atoms with E-state index in [0.29, 0.717) is 10.7 Å². The van der Waals surface area contributed by atoms with E-state index in [2.05, 4.69) is 22.4 Å². The average Bonchev–Trinajstić information content (AvgIpc) is 2.70. The number of rotatable bonds is 2. The van der Waals surface area contributed by atoms with Crippen molar-refractivity contribution in [1.82, 2.24) is 10.2 Å². The van der Waals surface area contributed by atoms with Crippen LogP contribution in [0.1, 0.15) is 15.9 Å². The number of aromatic nitrogens is 2. The van der Waals surface area contributed by atoms with Gasteiger partial charge in [0.25, 0.3) is 5.91 Å². The van der Waals surface area contributed by atoms with E-state index >= 15 is 0 Å². The van der Waals surface area contributed by atoms with Crippen molar-refractivity contribution in [3.8, 4) is 0 Å². The Hall–Kier alpha value is -1.75. The van der Waals surface area contributed by atoms with Crippen molar-refractivity contribution in [2.24, 2.45) is 0 Å². The number of amides is 1. The number of nitrogens with one attached hydrogen (secondary N) is 1. The Kier molecular flexibility index (Phi) is 2.73. The lowest BCUT2D eigenvalue weighted by Crippen LogP contribution is -2.11. The van der Waals surface area contributed by atoms with Crippen LogP contribution in [-0.4, -0.2) is 16.1 Å². The molecule has 0 aliphatic rings. The minimum absolute atomic E-state index is 0.197. The Morgan fingerprint density at radius 3 is 3.00 bits per heavy atom. The van der Waals surface area contributed by atoms with Crippen LogP contribution in [0.3, 0.4) is 0 Å². The van der Waals surface area contributed by atoms with Gasteiger partial charge < -0.3 is 0 Å². The second kappa shape index (κ2) is 4.18. The van der Waals surface area contributed by atoms with Gasteiger partial charge in [-0.25, -0.2) is 0 Å². The number of carbonyl (C=O) groups excluding carboxylic acids is 1. The highest BCUT2D eigenvalue weighted by molar-refractivity contribution is 7.13. The van der Waals surface area contributed by atoms with E-state index in [4.69, 9.17) is 0 Å². The molecule has 0 spiro atoms. The number of anilines is 1. The fourth-order valence-corrected chi connectivity index (χ4v) is 1.55. The van der Waals surface area contributed by atoms with Crippen LogP contribution >= 0.6 is 11.3 Å². The molecular formula is C10H8N3OS. The molecule has 2 aromatic rings. The number of hydrogen-bond acceptors (Lipinski definition) is 4. The molecule has 0 fully saturated rings. The Bertz CT molecular complexity index is 467. The second-order valence-corrected chi connectivity index (χ2v) is 3.73. The third kappa shape index (κ3) is 2.38. The van der Waals surface area contributed by atoms with Crippen LogP contribution in [-0.2, 0) is 0 Å². The van der Waals surface area contributed by atoms with Gasteiger partial charge in [-0.05, 0) is 24.6 Å². The first kappa shape index (κ1) is 9.79. The number of hydrogen-bond donors (Lipinski definition) is 1. The van der Waals surface area contributed by atoms with Gasteiger partial charge in [0.2, 0.25) is 5.13 Å². The molecule has 0 aliphatic carbocycles. The fraction of sp³-hybridized carbons (Fsp3) is 0. The summed E-state index contributed by atoms with van der Waals surface area (Å²) in [5, 5.41) is 10.5. The van der Waals surface area contributed by atoms with Crippen molar-refractivity contribution in [3.63, 3.8) is 0 Å². The van der Waals surface area contributed by atoms with Gasteiger partial charge in [0.15, 0.2) is 0 Å². The number of benzene rings is 1. The summed E-state index contributed by atoms with van der Waals surface area (Å²) in [4.78, 5) is 11.7. The number of nitrogens with zero attached hydrogens (tertiary/aromatic N) is 2. The molecule has 0 aliphatic heterocycles. The molecule has 1 amide bonds. The van der Waals surface area contributed by atoms with E-state index < -0.39 is 0 Å². The Morgan fingerprint density at radius 2 is 2.33 bits per heavy atom. The molecule has 0 saturated heterocycles. The predicted octanol–water partition coefficient (Wildman–Crippen LogP) is 1.97. The molecule has 0 unspecified atom stereocenters. The SMILES string of the molecule is [CH2]c1cccc(C(=O)Nc2nncs2)c1. The van der Waals surface area contributed by atoms with Gasteiger partial charge in [0.05, 0.1) is 0 Å². The molecule has 1 heterocycles. The third-order valence-electron chi connectivity index (χ3n) is 1.77. The summed E-state index contributed by atoms with van der Waals surface area (Å²) in [6.07, 6.45) is 0. The molecule has 1 aromatic carbocycles. The zero-order valence-electron chi connectivity index (χ0n) is 7.80. The standard InChI is InChI=1S/C10H8N3OS/c1-7-3-2-4-8(5-7)9(14)12-10-13-11-6-15-10/h2-6H,1H2,(H,12,13,14). The Balaban J connectivity index is 2.15. The molecule has 4 nitrogen and oxygen atoms in total. The van der Waals surface area contributed by atoms with Gasteiger partial charge in [0, 0.05) is 5.56 Å². The van der Waals surface area contributed by atoms with Gasteiger partial charge in [-0.3, -0.25) is 10.1 Å². The normalized spacial score (nSPS) is 9.93. The minimum Gasteiger partial charge on any atom is -0.296 e. The second-order valence-electron chi connectivity index (χ2n) is 2.90. The maximum Gasteiger partial charge on any atom is 0.257 e. The lowest BCUT2D eigenvalue weighted by atomic mass is 10.1. The van der Waals surface area contributed by atoms with E-state index in [0.717, 1.165) is 5.56 Å². The van der Waals surface area contributed by atoms with Crippen LogP contribution in [0.4, 0.5) is 5.13 Å². The van der Waals surface area contributed by atoms with Crippen molar-refractivity contribution in [3.05, 3.63) is 47.8 Å². The maximum absolute atomic E-state index is 11.7. The average molecular weight is 218 g/mol. The van der Waals surface area contributed by atoms with Crippen molar-refractivity contribution in [2.75, 3.05) is 5.32 Å². The number of carbonyl (C=O) groups is 1. The van der Waals surface area contributed by atoms with Crippen LogP contribution in [0.2, 0.25) is 0 Å². The first-order chi connectivity index (χ1) is 7.25. The smallest absolute Gasteiger partial charge is 0.257 e. The van der Waals surface area contributed by atoms with Gasteiger partial charge in [-0.15, -0.1) is 10.2 Å². The molecular weight excluding hydrogens is 210 g/mol. The lowest BCUT2D eigenvalue weighted by Gasteiger charge is -2.01. The van der Waals surface area contributed by atoms with Crippen LogP contribution in [0, 0.1) is 6.92 Å². The predicted molar refractivity (Wildman–Crippen MR) is 58.8 cm³/mol. The zero-order chi connectivity index (χ0) is 10.7. The molecule has 0 atom stereocenters. The first-order valence-electron chi connectivity index (χ1n) is 4.25. The largest absolute Gasteiger partial charge is 0.296 e. The lowest BCUT2D eigenvalue weighted by molar-refractivity contribution is 0.102. The van der Waals surface area contributed by atoms with Crippen molar-refractivity contribution < 1.29 is 4.79 Å². The fourth-order valence-electron chi connectivity index (χ4n) is 1.11. The molecule has 0 saturated carbocycles. The first-order valence-corrected chi connectivity index (χ1v) is 5.13. The van der Waals surface area contributed by atoms with E-state index in [1.165, 1.54) is 11.3 Å². The van der Waals surface area contributed by atoms with Crippen molar-refractivity contribution >= 4 is 22.4 Å². The Morgan fingerprint density at radius 1 is 1.47 bits per heavy atom. The topological polar surface area (TPSA) is 54.9 Å². The summed E-state index contributed by atoms with van der Waals surface area (Å²) in [5.74, 6) is -0.197. The molecule has 0 bridgehead atoms. The molecule has 15 heavy (non-hydrogen) atoms. The zero-order valence-corrected chi connectivity index (χ0v) is 8.62. The van der Waals surface area contributed by atoms with Crippen LogP contribution < -0.4 is 5.32 Å². The highest BCUT2D eigenvalue weighted by Crippen LogP contribution is 2.11. The quantitative estimate of drug-likeness (QED) is 0.838. The van der Waals surface area contributed by atoms with Crippen molar-refractivity contribution in [1.29, 1.82) is 0 Å². The van der Waals surface area contributed by atoms with Gasteiger partial charge in [-0.1, -0.05) is 23.5 Å². The van der Waals surface area contributed by atoms with E-state index in [9.17, 15) is 4.79 Å². The summed E-state index contributed by atoms with van der Waals surface area (Å²) in [6, 6.07) is 7.07. The van der Waals surface area contributed by atoms with Gasteiger partial charge >= 0.3 is 0 Å². The molecule has 1 radical (unpaired) electrons.